The zero-order valence-corrected chi connectivity index (χ0v) is 12.9. The van der Waals surface area contributed by atoms with Crippen LogP contribution in [-0.2, 0) is 6.54 Å². The predicted molar refractivity (Wildman–Crippen MR) is 85.6 cm³/mol. The number of hydrogen-bond donors (Lipinski definition) is 1. The van der Waals surface area contributed by atoms with Crippen LogP contribution < -0.4 is 10.6 Å². The van der Waals surface area contributed by atoms with E-state index in [1.165, 1.54) is 29.7 Å². The van der Waals surface area contributed by atoms with Crippen LogP contribution in [0.4, 0.5) is 5.69 Å². The van der Waals surface area contributed by atoms with E-state index in [1.807, 2.05) is 18.5 Å². The number of benzene rings is 1. The van der Waals surface area contributed by atoms with Crippen molar-refractivity contribution >= 4 is 21.6 Å². The van der Waals surface area contributed by atoms with Crippen molar-refractivity contribution in [1.29, 1.82) is 0 Å². The Kier molecular flexibility index (Phi) is 4.03. The molecule has 20 heavy (non-hydrogen) atoms. The van der Waals surface area contributed by atoms with Crippen molar-refractivity contribution in [3.8, 4) is 0 Å². The second kappa shape index (κ2) is 5.94. The Morgan fingerprint density at radius 1 is 1.35 bits per heavy atom. The van der Waals surface area contributed by atoms with Crippen LogP contribution in [-0.4, -0.2) is 11.5 Å². The lowest BCUT2D eigenvalue weighted by Gasteiger charge is -2.29. The molecule has 104 valence electrons. The number of aromatic nitrogens is 1. The van der Waals surface area contributed by atoms with Crippen LogP contribution in [0.25, 0.3) is 0 Å². The van der Waals surface area contributed by atoms with Gasteiger partial charge in [0.1, 0.15) is 0 Å². The summed E-state index contributed by atoms with van der Waals surface area (Å²) in [5.74, 6) is 0. The van der Waals surface area contributed by atoms with Gasteiger partial charge in [0.2, 0.25) is 0 Å². The van der Waals surface area contributed by atoms with Crippen LogP contribution in [0.5, 0.6) is 0 Å². The van der Waals surface area contributed by atoms with Gasteiger partial charge in [0.25, 0.3) is 0 Å². The van der Waals surface area contributed by atoms with Crippen LogP contribution in [0, 0.1) is 0 Å². The highest BCUT2D eigenvalue weighted by Crippen LogP contribution is 2.38. The Balaban J connectivity index is 1.99. The van der Waals surface area contributed by atoms with Gasteiger partial charge in [-0.05, 0) is 42.2 Å². The maximum atomic E-state index is 5.90. The van der Waals surface area contributed by atoms with E-state index >= 15 is 0 Å². The van der Waals surface area contributed by atoms with Crippen LogP contribution in [0.2, 0.25) is 0 Å². The fraction of sp³-hybridized carbons (Fsp3) is 0.312. The molecule has 0 saturated carbocycles. The zero-order valence-electron chi connectivity index (χ0n) is 11.3. The average Bonchev–Trinajstić information content (AvgIpc) is 2.97. The fourth-order valence-corrected chi connectivity index (χ4v) is 3.30. The largest absolute Gasteiger partial charge is 0.364 e. The maximum Gasteiger partial charge on any atom is 0.0558 e. The topological polar surface area (TPSA) is 42.1 Å². The van der Waals surface area contributed by atoms with Gasteiger partial charge in [-0.1, -0.05) is 28.1 Å². The highest BCUT2D eigenvalue weighted by molar-refractivity contribution is 9.10. The molecule has 1 aromatic heterocycles. The number of hydrogen-bond acceptors (Lipinski definition) is 3. The first-order valence-corrected chi connectivity index (χ1v) is 7.74. The monoisotopic (exact) mass is 331 g/mol. The Morgan fingerprint density at radius 3 is 3.00 bits per heavy atom. The molecule has 1 aliphatic rings. The third-order valence-electron chi connectivity index (χ3n) is 3.90. The van der Waals surface area contributed by atoms with E-state index in [2.05, 4.69) is 50.1 Å². The lowest BCUT2D eigenvalue weighted by Crippen LogP contribution is -2.24. The second-order valence-electron chi connectivity index (χ2n) is 5.11. The van der Waals surface area contributed by atoms with Gasteiger partial charge >= 0.3 is 0 Å². The molecule has 1 atom stereocenters. The molecule has 0 spiro atoms. The van der Waals surface area contributed by atoms with Crippen molar-refractivity contribution in [3.63, 3.8) is 0 Å². The van der Waals surface area contributed by atoms with Gasteiger partial charge in [-0.25, -0.2) is 0 Å². The van der Waals surface area contributed by atoms with Gasteiger partial charge in [0.15, 0.2) is 0 Å². The van der Waals surface area contributed by atoms with Crippen molar-refractivity contribution in [1.82, 2.24) is 4.98 Å². The molecule has 1 saturated heterocycles. The third-order valence-corrected chi connectivity index (χ3v) is 4.39. The van der Waals surface area contributed by atoms with Crippen molar-refractivity contribution in [2.24, 2.45) is 5.73 Å². The summed E-state index contributed by atoms with van der Waals surface area (Å²) in [6.45, 7) is 1.64. The summed E-state index contributed by atoms with van der Waals surface area (Å²) in [4.78, 5) is 6.72. The first-order valence-electron chi connectivity index (χ1n) is 6.94. The second-order valence-corrected chi connectivity index (χ2v) is 6.03. The van der Waals surface area contributed by atoms with E-state index < -0.39 is 0 Å². The summed E-state index contributed by atoms with van der Waals surface area (Å²) in [5, 5.41) is 0. The fourth-order valence-electron chi connectivity index (χ4n) is 2.95. The smallest absolute Gasteiger partial charge is 0.0558 e. The number of pyridine rings is 1. The van der Waals surface area contributed by atoms with Crippen LogP contribution in [0.3, 0.4) is 0 Å². The number of nitrogens with zero attached hydrogens (tertiary/aromatic N) is 2. The molecule has 2 heterocycles. The summed E-state index contributed by atoms with van der Waals surface area (Å²) >= 11 is 3.57. The van der Waals surface area contributed by atoms with Crippen molar-refractivity contribution in [2.45, 2.75) is 25.4 Å². The van der Waals surface area contributed by atoms with Gasteiger partial charge in [0.05, 0.1) is 6.04 Å². The first kappa shape index (κ1) is 13.6. The van der Waals surface area contributed by atoms with Crippen molar-refractivity contribution in [2.75, 3.05) is 11.4 Å². The summed E-state index contributed by atoms with van der Waals surface area (Å²) in [7, 11) is 0. The molecule has 1 unspecified atom stereocenters. The van der Waals surface area contributed by atoms with Gasteiger partial charge in [-0.3, -0.25) is 4.98 Å². The summed E-state index contributed by atoms with van der Waals surface area (Å²) in [6, 6.07) is 10.9. The lowest BCUT2D eigenvalue weighted by atomic mass is 10.1. The zero-order chi connectivity index (χ0) is 13.9. The molecule has 2 aromatic rings. The Bertz CT molecular complexity index is 586. The van der Waals surface area contributed by atoms with E-state index in [4.69, 9.17) is 5.73 Å². The normalized spacial score (nSPS) is 18.5. The minimum absolute atomic E-state index is 0.406. The molecule has 1 fully saturated rings. The van der Waals surface area contributed by atoms with Gasteiger partial charge in [-0.15, -0.1) is 0 Å². The Morgan fingerprint density at radius 2 is 2.25 bits per heavy atom. The van der Waals surface area contributed by atoms with E-state index in [9.17, 15) is 0 Å². The molecule has 0 aliphatic carbocycles. The van der Waals surface area contributed by atoms with Crippen LogP contribution in [0.1, 0.15) is 30.0 Å². The van der Waals surface area contributed by atoms with Crippen LogP contribution in [0.15, 0.2) is 47.2 Å². The number of nitrogens with two attached hydrogens (primary N) is 1. The van der Waals surface area contributed by atoms with Crippen molar-refractivity contribution < 1.29 is 0 Å². The molecule has 0 bridgehead atoms. The molecular formula is C16H18BrN3. The lowest BCUT2D eigenvalue weighted by molar-refractivity contribution is 0.712. The van der Waals surface area contributed by atoms with Crippen LogP contribution >= 0.6 is 15.9 Å². The van der Waals surface area contributed by atoms with Gasteiger partial charge in [0, 0.05) is 35.6 Å². The van der Waals surface area contributed by atoms with Gasteiger partial charge < -0.3 is 10.6 Å². The predicted octanol–water partition coefficient (Wildman–Crippen LogP) is 3.64. The average molecular weight is 332 g/mol. The minimum Gasteiger partial charge on any atom is -0.364 e. The number of anilines is 1. The Labute approximate surface area is 127 Å². The van der Waals surface area contributed by atoms with E-state index in [0.29, 0.717) is 12.6 Å². The summed E-state index contributed by atoms with van der Waals surface area (Å²) in [6.07, 6.45) is 6.18. The molecule has 1 aliphatic heterocycles. The molecule has 3 nitrogen and oxygen atoms in total. The third kappa shape index (κ3) is 2.58. The highest BCUT2D eigenvalue weighted by atomic mass is 79.9. The van der Waals surface area contributed by atoms with Crippen molar-refractivity contribution in [3.05, 3.63) is 58.3 Å². The molecule has 4 heteroatoms. The molecule has 2 N–H and O–H groups in total. The van der Waals surface area contributed by atoms with Gasteiger partial charge in [-0.2, -0.15) is 0 Å². The molecule has 0 amide bonds. The quantitative estimate of drug-likeness (QED) is 0.933. The molecule has 1 aromatic carbocycles. The molecule has 0 radical (unpaired) electrons. The summed E-state index contributed by atoms with van der Waals surface area (Å²) < 4.78 is 1.10. The maximum absolute atomic E-state index is 5.90. The van der Waals surface area contributed by atoms with E-state index in [-0.39, 0.29) is 0 Å². The first-order chi connectivity index (χ1) is 9.79. The molecule has 3 rings (SSSR count). The summed E-state index contributed by atoms with van der Waals surface area (Å²) in [5.41, 5.74) is 9.63. The number of rotatable bonds is 3. The van der Waals surface area contributed by atoms with E-state index in [0.717, 1.165) is 11.0 Å². The Hall–Kier alpha value is -1.39. The minimum atomic E-state index is 0.406. The number of halogens is 1. The standard InChI is InChI=1S/C16H18BrN3/c17-14-6-5-12(10-18)16(9-14)20-8-2-4-15(20)13-3-1-7-19-11-13/h1,3,5-7,9,11,15H,2,4,8,10,18H2. The molecular weight excluding hydrogens is 314 g/mol. The highest BCUT2D eigenvalue weighted by Gasteiger charge is 2.27. The SMILES string of the molecule is NCc1ccc(Br)cc1N1CCCC1c1cccnc1. The van der Waals surface area contributed by atoms with E-state index in [1.54, 1.807) is 0 Å².